The molecule has 6 nitrogen and oxygen atoms in total. The SMILES string of the molecule is NC[C@@]1(c2nc(Br)cs2)NC(=O)N(S)C1=O. The maximum absolute atomic E-state index is 11.9. The van der Waals surface area contributed by atoms with Crippen LogP contribution in [0, 0.1) is 0 Å². The lowest BCUT2D eigenvalue weighted by Gasteiger charge is -2.21. The molecule has 0 unspecified atom stereocenters. The van der Waals surface area contributed by atoms with Crippen LogP contribution >= 0.6 is 40.1 Å². The largest absolute Gasteiger partial charge is 0.335 e. The minimum atomic E-state index is -1.28. The minimum absolute atomic E-state index is 0.0609. The zero-order chi connectivity index (χ0) is 11.9. The van der Waals surface area contributed by atoms with E-state index in [0.29, 0.717) is 13.9 Å². The second-order valence-electron chi connectivity index (χ2n) is 3.13. The number of nitrogens with two attached hydrogens (primary N) is 1. The van der Waals surface area contributed by atoms with E-state index in [2.05, 4.69) is 39.0 Å². The number of carbonyl (C=O) groups excluding carboxylic acids is 2. The standard InChI is InChI=1S/C7H7BrN4O2S2/c8-3-1-16-4(10-3)7(2-9)5(13)12(15)6(14)11-7/h1,15H,2,9H2,(H,11,14)/t7-/m0/s1. The predicted octanol–water partition coefficient (Wildman–Crippen LogP) is 0.456. The van der Waals surface area contributed by atoms with Gasteiger partial charge >= 0.3 is 6.03 Å². The zero-order valence-electron chi connectivity index (χ0n) is 7.81. The van der Waals surface area contributed by atoms with Gasteiger partial charge in [0.15, 0.2) is 5.54 Å². The second-order valence-corrected chi connectivity index (χ2v) is 5.20. The van der Waals surface area contributed by atoms with Gasteiger partial charge in [-0.1, -0.05) is 12.8 Å². The van der Waals surface area contributed by atoms with Crippen molar-refractivity contribution in [1.29, 1.82) is 0 Å². The monoisotopic (exact) mass is 322 g/mol. The van der Waals surface area contributed by atoms with Gasteiger partial charge in [-0.15, -0.1) is 11.3 Å². The number of rotatable bonds is 2. The third-order valence-electron chi connectivity index (χ3n) is 2.22. The Labute approximate surface area is 109 Å². The summed E-state index contributed by atoms with van der Waals surface area (Å²) in [4.78, 5) is 27.4. The van der Waals surface area contributed by atoms with Crippen molar-refractivity contribution in [3.63, 3.8) is 0 Å². The van der Waals surface area contributed by atoms with Crippen LogP contribution in [-0.2, 0) is 10.3 Å². The van der Waals surface area contributed by atoms with Gasteiger partial charge in [0.1, 0.15) is 9.61 Å². The molecule has 0 aliphatic carbocycles. The Morgan fingerprint density at radius 3 is 2.75 bits per heavy atom. The Kier molecular flexibility index (Phi) is 2.95. The Morgan fingerprint density at radius 1 is 1.69 bits per heavy atom. The van der Waals surface area contributed by atoms with E-state index in [1.54, 1.807) is 5.38 Å². The Bertz CT molecular complexity index is 465. The lowest BCUT2D eigenvalue weighted by molar-refractivity contribution is -0.127. The average Bonchev–Trinajstić information content (AvgIpc) is 2.78. The minimum Gasteiger partial charge on any atom is -0.327 e. The molecule has 1 aromatic rings. The molecule has 1 atom stereocenters. The molecule has 0 aromatic carbocycles. The summed E-state index contributed by atoms with van der Waals surface area (Å²) in [5, 5.41) is 4.67. The van der Waals surface area contributed by atoms with Gasteiger partial charge in [-0.05, 0) is 15.9 Å². The number of hydrogen-bond donors (Lipinski definition) is 3. The van der Waals surface area contributed by atoms with Gasteiger partial charge in [-0.25, -0.2) is 14.1 Å². The van der Waals surface area contributed by atoms with Crippen molar-refractivity contribution in [3.8, 4) is 0 Å². The number of imide groups is 1. The summed E-state index contributed by atoms with van der Waals surface area (Å²) in [6.45, 7) is -0.0609. The van der Waals surface area contributed by atoms with Crippen molar-refractivity contribution >= 4 is 52.0 Å². The molecule has 86 valence electrons. The number of urea groups is 1. The fraction of sp³-hybridized carbons (Fsp3) is 0.286. The number of thiazole rings is 1. The van der Waals surface area contributed by atoms with Gasteiger partial charge in [-0.2, -0.15) is 0 Å². The molecule has 0 bridgehead atoms. The third-order valence-corrected chi connectivity index (χ3v) is 4.29. The summed E-state index contributed by atoms with van der Waals surface area (Å²) in [5.74, 6) is -0.509. The van der Waals surface area contributed by atoms with Crippen LogP contribution in [0.3, 0.4) is 0 Å². The van der Waals surface area contributed by atoms with Crippen molar-refractivity contribution in [2.75, 3.05) is 6.54 Å². The Hall–Kier alpha value is -0.640. The number of carbonyl (C=O) groups is 2. The first-order valence-corrected chi connectivity index (χ1v) is 6.25. The van der Waals surface area contributed by atoms with Gasteiger partial charge in [0.2, 0.25) is 0 Å². The highest BCUT2D eigenvalue weighted by atomic mass is 79.9. The van der Waals surface area contributed by atoms with Crippen molar-refractivity contribution in [2.24, 2.45) is 5.73 Å². The molecule has 1 fully saturated rings. The Morgan fingerprint density at radius 2 is 2.38 bits per heavy atom. The number of amides is 3. The second kappa shape index (κ2) is 3.99. The van der Waals surface area contributed by atoms with Crippen LogP contribution in [0.2, 0.25) is 0 Å². The van der Waals surface area contributed by atoms with Gasteiger partial charge in [0, 0.05) is 11.9 Å². The summed E-state index contributed by atoms with van der Waals surface area (Å²) >= 11 is 8.22. The summed E-state index contributed by atoms with van der Waals surface area (Å²) < 4.78 is 1.31. The van der Waals surface area contributed by atoms with Crippen LogP contribution in [0.1, 0.15) is 5.01 Å². The summed E-state index contributed by atoms with van der Waals surface area (Å²) in [6, 6.07) is -0.592. The molecule has 3 N–H and O–H groups in total. The number of thiol groups is 1. The van der Waals surface area contributed by atoms with Crippen molar-refractivity contribution in [1.82, 2.24) is 14.6 Å². The number of nitrogens with zero attached hydrogens (tertiary/aromatic N) is 2. The highest BCUT2D eigenvalue weighted by molar-refractivity contribution is 9.10. The first kappa shape index (κ1) is 11.8. The highest BCUT2D eigenvalue weighted by Crippen LogP contribution is 2.32. The fourth-order valence-electron chi connectivity index (χ4n) is 1.38. The smallest absolute Gasteiger partial charge is 0.327 e. The van der Waals surface area contributed by atoms with Crippen LogP contribution in [-0.4, -0.2) is 27.8 Å². The lowest BCUT2D eigenvalue weighted by atomic mass is 10.0. The molecule has 2 rings (SSSR count). The maximum atomic E-state index is 11.9. The zero-order valence-corrected chi connectivity index (χ0v) is 11.1. The number of halogens is 1. The molecule has 9 heteroatoms. The summed E-state index contributed by atoms with van der Waals surface area (Å²) in [7, 11) is 0. The number of aromatic nitrogens is 1. The van der Waals surface area contributed by atoms with E-state index in [1.807, 2.05) is 0 Å². The van der Waals surface area contributed by atoms with Crippen LogP contribution in [0.25, 0.3) is 0 Å². The molecule has 1 aromatic heterocycles. The van der Waals surface area contributed by atoms with E-state index in [-0.39, 0.29) is 6.54 Å². The molecule has 0 spiro atoms. The van der Waals surface area contributed by atoms with E-state index in [0.717, 1.165) is 0 Å². The number of hydrogen-bond acceptors (Lipinski definition) is 6. The quantitative estimate of drug-likeness (QED) is 0.545. The van der Waals surface area contributed by atoms with Gasteiger partial charge in [0.25, 0.3) is 5.91 Å². The van der Waals surface area contributed by atoms with Crippen LogP contribution in [0.4, 0.5) is 4.79 Å². The lowest BCUT2D eigenvalue weighted by Crippen LogP contribution is -2.49. The van der Waals surface area contributed by atoms with E-state index in [1.165, 1.54) is 11.3 Å². The summed E-state index contributed by atoms with van der Waals surface area (Å²) in [6.07, 6.45) is 0. The summed E-state index contributed by atoms with van der Waals surface area (Å²) in [5.41, 5.74) is 4.30. The van der Waals surface area contributed by atoms with Gasteiger partial charge < -0.3 is 11.1 Å². The van der Waals surface area contributed by atoms with Gasteiger partial charge in [-0.3, -0.25) is 4.79 Å². The molecular formula is C7H7BrN4O2S2. The molecule has 2 heterocycles. The van der Waals surface area contributed by atoms with Crippen molar-refractivity contribution in [3.05, 3.63) is 15.0 Å². The number of nitrogens with one attached hydrogen (secondary N) is 1. The average molecular weight is 323 g/mol. The molecule has 1 aliphatic heterocycles. The van der Waals surface area contributed by atoms with E-state index >= 15 is 0 Å². The molecule has 0 radical (unpaired) electrons. The fourth-order valence-corrected chi connectivity index (χ4v) is 3.01. The van der Waals surface area contributed by atoms with Gasteiger partial charge in [0.05, 0.1) is 0 Å². The predicted molar refractivity (Wildman–Crippen MR) is 64.9 cm³/mol. The molecule has 1 aliphatic rings. The van der Waals surface area contributed by atoms with E-state index < -0.39 is 17.5 Å². The van der Waals surface area contributed by atoms with E-state index in [4.69, 9.17) is 5.73 Å². The molecular weight excluding hydrogens is 316 g/mol. The van der Waals surface area contributed by atoms with E-state index in [9.17, 15) is 9.59 Å². The molecule has 0 saturated carbocycles. The Balaban J connectivity index is 2.49. The van der Waals surface area contributed by atoms with Crippen LogP contribution in [0.5, 0.6) is 0 Å². The van der Waals surface area contributed by atoms with Crippen molar-refractivity contribution in [2.45, 2.75) is 5.54 Å². The molecule has 16 heavy (non-hydrogen) atoms. The van der Waals surface area contributed by atoms with Crippen LogP contribution < -0.4 is 11.1 Å². The first-order valence-electron chi connectivity index (χ1n) is 4.18. The first-order chi connectivity index (χ1) is 7.51. The highest BCUT2D eigenvalue weighted by Gasteiger charge is 2.53. The maximum Gasteiger partial charge on any atom is 0.335 e. The molecule has 1 saturated heterocycles. The topological polar surface area (TPSA) is 88.3 Å². The third kappa shape index (κ3) is 1.54. The molecule has 3 amide bonds. The van der Waals surface area contributed by atoms with Crippen molar-refractivity contribution < 1.29 is 9.59 Å². The van der Waals surface area contributed by atoms with Crippen LogP contribution in [0.15, 0.2) is 9.98 Å². The normalized spacial score (nSPS) is 25.1.